The van der Waals surface area contributed by atoms with Gasteiger partial charge in [0.1, 0.15) is 0 Å². The Bertz CT molecular complexity index is 1020. The van der Waals surface area contributed by atoms with Gasteiger partial charge in [-0.3, -0.25) is 9.69 Å². The van der Waals surface area contributed by atoms with Crippen molar-refractivity contribution in [3.8, 4) is 0 Å². The number of ether oxygens (including phenoxy) is 1. The summed E-state index contributed by atoms with van der Waals surface area (Å²) in [6.07, 6.45) is 0.598. The Hall–Kier alpha value is -2.38. The first-order valence-corrected chi connectivity index (χ1v) is 10.8. The quantitative estimate of drug-likeness (QED) is 0.617. The van der Waals surface area contributed by atoms with E-state index >= 15 is 0 Å². The second kappa shape index (κ2) is 8.16. The van der Waals surface area contributed by atoms with Crippen LogP contribution < -0.4 is 0 Å². The summed E-state index contributed by atoms with van der Waals surface area (Å²) in [5, 5.41) is 0.349. The van der Waals surface area contributed by atoms with E-state index in [9.17, 15) is 9.59 Å². The zero-order valence-electron chi connectivity index (χ0n) is 16.0. The topological polar surface area (TPSA) is 59.0 Å². The fraction of sp³-hybridized carbons (Fsp3) is 0.227. The SMILES string of the molecule is COC(=O)C1=C(C)N=C2S[C@@H](Cc3ccc(Br)cc3)C(=O)N2[C@H]1c1ccccc1. The van der Waals surface area contributed by atoms with E-state index in [1.165, 1.54) is 18.9 Å². The van der Waals surface area contributed by atoms with Crippen LogP contribution in [-0.2, 0) is 20.7 Å². The first-order chi connectivity index (χ1) is 14.0. The highest BCUT2D eigenvalue weighted by Gasteiger charge is 2.47. The predicted octanol–water partition coefficient (Wildman–Crippen LogP) is 4.49. The molecule has 29 heavy (non-hydrogen) atoms. The number of methoxy groups -OCH3 is 1. The number of esters is 1. The van der Waals surface area contributed by atoms with Gasteiger partial charge in [-0.05, 0) is 36.6 Å². The second-order valence-electron chi connectivity index (χ2n) is 6.84. The van der Waals surface area contributed by atoms with Crippen molar-refractivity contribution in [1.82, 2.24) is 4.90 Å². The molecule has 0 aliphatic carbocycles. The van der Waals surface area contributed by atoms with Crippen LogP contribution >= 0.6 is 27.7 Å². The van der Waals surface area contributed by atoms with E-state index in [0.717, 1.165) is 15.6 Å². The molecular formula is C22H19BrN2O3S. The minimum atomic E-state index is -0.536. The number of amidine groups is 1. The molecule has 1 amide bonds. The molecule has 0 saturated carbocycles. The van der Waals surface area contributed by atoms with Crippen LogP contribution in [0, 0.1) is 0 Å². The van der Waals surface area contributed by atoms with Crippen LogP contribution in [0.4, 0.5) is 0 Å². The predicted molar refractivity (Wildman–Crippen MR) is 117 cm³/mol. The molecule has 0 aromatic heterocycles. The van der Waals surface area contributed by atoms with Crippen molar-refractivity contribution >= 4 is 44.7 Å². The van der Waals surface area contributed by atoms with Gasteiger partial charge in [0, 0.05) is 4.47 Å². The molecule has 2 aliphatic heterocycles. The summed E-state index contributed by atoms with van der Waals surface area (Å²) >= 11 is 4.89. The highest BCUT2D eigenvalue weighted by atomic mass is 79.9. The van der Waals surface area contributed by atoms with Crippen molar-refractivity contribution in [3.05, 3.63) is 81.5 Å². The fourth-order valence-corrected chi connectivity index (χ4v) is 5.12. The Balaban J connectivity index is 1.71. The average Bonchev–Trinajstić information content (AvgIpc) is 3.03. The van der Waals surface area contributed by atoms with Gasteiger partial charge in [-0.15, -0.1) is 0 Å². The average molecular weight is 471 g/mol. The van der Waals surface area contributed by atoms with Crippen molar-refractivity contribution in [2.45, 2.75) is 24.6 Å². The number of halogens is 1. The largest absolute Gasteiger partial charge is 0.466 e. The Morgan fingerprint density at radius 2 is 1.86 bits per heavy atom. The molecule has 1 fully saturated rings. The lowest BCUT2D eigenvalue weighted by Gasteiger charge is -2.32. The smallest absolute Gasteiger partial charge is 0.338 e. The molecular weight excluding hydrogens is 452 g/mol. The van der Waals surface area contributed by atoms with Crippen molar-refractivity contribution in [2.75, 3.05) is 7.11 Å². The lowest BCUT2D eigenvalue weighted by molar-refractivity contribution is -0.137. The van der Waals surface area contributed by atoms with Crippen LogP contribution in [0.25, 0.3) is 0 Å². The molecule has 0 spiro atoms. The molecule has 2 heterocycles. The van der Waals surface area contributed by atoms with E-state index in [2.05, 4.69) is 20.9 Å². The standard InChI is InChI=1S/C22H19BrN2O3S/c1-13-18(21(27)28-2)19(15-6-4-3-5-7-15)25-20(26)17(29-22(25)24-13)12-14-8-10-16(23)11-9-14/h3-11,17,19H,12H2,1-2H3/t17-,19-/m0/s1. The summed E-state index contributed by atoms with van der Waals surface area (Å²) in [6, 6.07) is 17.0. The molecule has 2 atom stereocenters. The second-order valence-corrected chi connectivity index (χ2v) is 8.93. The Morgan fingerprint density at radius 3 is 2.52 bits per heavy atom. The summed E-state index contributed by atoms with van der Waals surface area (Å²) in [4.78, 5) is 32.2. The molecule has 0 radical (unpaired) electrons. The molecule has 2 aromatic carbocycles. The molecule has 5 nitrogen and oxygen atoms in total. The van der Waals surface area contributed by atoms with Crippen LogP contribution in [-0.4, -0.2) is 34.3 Å². The number of fused-ring (bicyclic) bond motifs is 1. The molecule has 2 aliphatic rings. The molecule has 0 unspecified atom stereocenters. The number of thioether (sulfide) groups is 1. The van der Waals surface area contributed by atoms with E-state index in [1.54, 1.807) is 11.8 Å². The van der Waals surface area contributed by atoms with Gasteiger partial charge in [0.2, 0.25) is 5.91 Å². The maximum absolute atomic E-state index is 13.4. The minimum absolute atomic E-state index is 0.0422. The van der Waals surface area contributed by atoms with Crippen molar-refractivity contribution in [2.24, 2.45) is 4.99 Å². The number of hydrogen-bond acceptors (Lipinski definition) is 5. The lowest BCUT2D eigenvalue weighted by Crippen LogP contribution is -2.41. The Morgan fingerprint density at radius 1 is 1.17 bits per heavy atom. The van der Waals surface area contributed by atoms with E-state index < -0.39 is 12.0 Å². The zero-order chi connectivity index (χ0) is 20.5. The number of amides is 1. The number of benzene rings is 2. The summed E-state index contributed by atoms with van der Waals surface area (Å²) < 4.78 is 6.01. The van der Waals surface area contributed by atoms with E-state index in [-0.39, 0.29) is 11.2 Å². The minimum Gasteiger partial charge on any atom is -0.466 e. The van der Waals surface area contributed by atoms with Crippen LogP contribution in [0.15, 0.2) is 75.3 Å². The number of carbonyl (C=O) groups is 2. The van der Waals surface area contributed by atoms with Gasteiger partial charge in [-0.25, -0.2) is 9.79 Å². The van der Waals surface area contributed by atoms with Gasteiger partial charge < -0.3 is 4.74 Å². The van der Waals surface area contributed by atoms with Gasteiger partial charge in [-0.2, -0.15) is 0 Å². The van der Waals surface area contributed by atoms with Crippen LogP contribution in [0.2, 0.25) is 0 Å². The number of allylic oxidation sites excluding steroid dienone is 1. The normalized spacial score (nSPS) is 21.1. The third-order valence-corrected chi connectivity index (χ3v) is 6.69. The summed E-state index contributed by atoms with van der Waals surface area (Å²) in [5.74, 6) is -0.507. The molecule has 1 saturated heterocycles. The molecule has 7 heteroatoms. The number of hydrogen-bond donors (Lipinski definition) is 0. The first-order valence-electron chi connectivity index (χ1n) is 9.16. The monoisotopic (exact) mass is 470 g/mol. The van der Waals surface area contributed by atoms with Crippen LogP contribution in [0.1, 0.15) is 24.1 Å². The number of nitrogens with zero attached hydrogens (tertiary/aromatic N) is 2. The van der Waals surface area contributed by atoms with Gasteiger partial charge in [-0.1, -0.05) is 70.2 Å². The number of carbonyl (C=O) groups excluding carboxylic acids is 2. The molecule has 0 bridgehead atoms. The molecule has 148 valence electrons. The first kappa shape index (κ1) is 19.9. The summed E-state index contributed by atoms with van der Waals surface area (Å²) in [5.41, 5.74) is 2.92. The van der Waals surface area contributed by atoms with Crippen molar-refractivity contribution in [1.29, 1.82) is 0 Å². The Labute approximate surface area is 182 Å². The number of aliphatic imine (C=N–C) groups is 1. The molecule has 0 N–H and O–H groups in total. The van der Waals surface area contributed by atoms with Gasteiger partial charge in [0.15, 0.2) is 5.17 Å². The fourth-order valence-electron chi connectivity index (χ4n) is 3.62. The van der Waals surface area contributed by atoms with Crippen molar-refractivity contribution in [3.63, 3.8) is 0 Å². The number of rotatable bonds is 4. The van der Waals surface area contributed by atoms with E-state index in [1.807, 2.05) is 54.6 Å². The molecule has 4 rings (SSSR count). The molecule has 2 aromatic rings. The van der Waals surface area contributed by atoms with Gasteiger partial charge in [0.25, 0.3) is 0 Å². The lowest BCUT2D eigenvalue weighted by atomic mass is 9.94. The maximum atomic E-state index is 13.4. The highest BCUT2D eigenvalue weighted by molar-refractivity contribution is 9.10. The third kappa shape index (κ3) is 3.76. The summed E-state index contributed by atoms with van der Waals surface area (Å²) in [7, 11) is 1.35. The van der Waals surface area contributed by atoms with Crippen LogP contribution in [0.3, 0.4) is 0 Å². The van der Waals surface area contributed by atoms with Crippen LogP contribution in [0.5, 0.6) is 0 Å². The maximum Gasteiger partial charge on any atom is 0.338 e. The summed E-state index contributed by atoms with van der Waals surface area (Å²) in [6.45, 7) is 1.79. The highest BCUT2D eigenvalue weighted by Crippen LogP contribution is 2.44. The van der Waals surface area contributed by atoms with Gasteiger partial charge >= 0.3 is 5.97 Å². The van der Waals surface area contributed by atoms with E-state index in [0.29, 0.717) is 22.9 Å². The van der Waals surface area contributed by atoms with E-state index in [4.69, 9.17) is 4.74 Å². The third-order valence-electron chi connectivity index (χ3n) is 5.01. The van der Waals surface area contributed by atoms with Gasteiger partial charge in [0.05, 0.1) is 29.7 Å². The Kier molecular flexibility index (Phi) is 5.61. The zero-order valence-corrected chi connectivity index (χ0v) is 18.4. The van der Waals surface area contributed by atoms with Crippen molar-refractivity contribution < 1.29 is 14.3 Å².